The van der Waals surface area contributed by atoms with Crippen molar-refractivity contribution in [2.75, 3.05) is 7.11 Å². The molecule has 0 radical (unpaired) electrons. The molecule has 0 heterocycles. The molecule has 19 heavy (non-hydrogen) atoms. The predicted molar refractivity (Wildman–Crippen MR) is 74.2 cm³/mol. The maximum absolute atomic E-state index is 11.0. The third-order valence-electron chi connectivity index (χ3n) is 2.69. The van der Waals surface area contributed by atoms with Gasteiger partial charge in [0.2, 0.25) is 0 Å². The summed E-state index contributed by atoms with van der Waals surface area (Å²) in [4.78, 5) is 11.0. The first-order valence-electron chi connectivity index (χ1n) is 5.74. The molecule has 2 aromatic carbocycles. The van der Waals surface area contributed by atoms with Gasteiger partial charge in [0.05, 0.1) is 17.7 Å². The average molecular weight is 277 g/mol. The lowest BCUT2D eigenvalue weighted by Gasteiger charge is -2.12. The zero-order valence-corrected chi connectivity index (χ0v) is 11.2. The smallest absolute Gasteiger partial charge is 0.153 e. The van der Waals surface area contributed by atoms with Crippen molar-refractivity contribution in [3.63, 3.8) is 0 Å². The molecule has 0 aromatic heterocycles. The van der Waals surface area contributed by atoms with Crippen LogP contribution >= 0.6 is 11.6 Å². The Morgan fingerprint density at radius 3 is 2.68 bits per heavy atom. The van der Waals surface area contributed by atoms with Crippen molar-refractivity contribution in [3.05, 3.63) is 58.6 Å². The normalized spacial score (nSPS) is 10.0. The van der Waals surface area contributed by atoms with Crippen molar-refractivity contribution in [2.45, 2.75) is 6.61 Å². The van der Waals surface area contributed by atoms with Crippen molar-refractivity contribution >= 4 is 17.9 Å². The Labute approximate surface area is 116 Å². The molecule has 4 heteroatoms. The number of rotatable bonds is 5. The molecule has 0 saturated carbocycles. The molecule has 0 N–H and O–H groups in total. The maximum atomic E-state index is 11.0. The van der Waals surface area contributed by atoms with E-state index in [4.69, 9.17) is 21.1 Å². The number of benzene rings is 2. The summed E-state index contributed by atoms with van der Waals surface area (Å²) < 4.78 is 10.9. The van der Waals surface area contributed by atoms with Gasteiger partial charge < -0.3 is 9.47 Å². The monoisotopic (exact) mass is 276 g/mol. The van der Waals surface area contributed by atoms with Gasteiger partial charge in [-0.15, -0.1) is 0 Å². The topological polar surface area (TPSA) is 35.5 Å². The molecular weight excluding hydrogens is 264 g/mol. The minimum Gasteiger partial charge on any atom is -0.496 e. The SMILES string of the molecule is COc1ccccc1COc1c(Cl)cccc1C=O. The lowest BCUT2D eigenvalue weighted by Crippen LogP contribution is -2.01. The van der Waals surface area contributed by atoms with Gasteiger partial charge in [-0.05, 0) is 18.2 Å². The van der Waals surface area contributed by atoms with Crippen LogP contribution < -0.4 is 9.47 Å². The van der Waals surface area contributed by atoms with E-state index in [9.17, 15) is 4.79 Å². The average Bonchev–Trinajstić information content (AvgIpc) is 2.46. The minimum absolute atomic E-state index is 0.286. The molecule has 0 spiro atoms. The Balaban J connectivity index is 2.21. The number of para-hydroxylation sites is 2. The number of hydrogen-bond acceptors (Lipinski definition) is 3. The fraction of sp³-hybridized carbons (Fsp3) is 0.133. The molecule has 98 valence electrons. The highest BCUT2D eigenvalue weighted by Gasteiger charge is 2.09. The molecule has 0 fully saturated rings. The number of ether oxygens (including phenoxy) is 2. The van der Waals surface area contributed by atoms with Gasteiger partial charge in [0.1, 0.15) is 18.1 Å². The molecule has 0 amide bonds. The van der Waals surface area contributed by atoms with Gasteiger partial charge in [0.15, 0.2) is 6.29 Å². The highest BCUT2D eigenvalue weighted by atomic mass is 35.5. The van der Waals surface area contributed by atoms with Crippen LogP contribution in [-0.4, -0.2) is 13.4 Å². The second-order valence-electron chi connectivity index (χ2n) is 3.88. The molecule has 2 rings (SSSR count). The molecule has 0 bridgehead atoms. The number of hydrogen-bond donors (Lipinski definition) is 0. The van der Waals surface area contributed by atoms with Crippen LogP contribution in [0.5, 0.6) is 11.5 Å². The van der Waals surface area contributed by atoms with Crippen LogP contribution in [0, 0.1) is 0 Å². The van der Waals surface area contributed by atoms with Crippen molar-refractivity contribution < 1.29 is 14.3 Å². The van der Waals surface area contributed by atoms with E-state index in [1.54, 1.807) is 25.3 Å². The van der Waals surface area contributed by atoms with Gasteiger partial charge in [-0.2, -0.15) is 0 Å². The molecule has 0 aliphatic carbocycles. The van der Waals surface area contributed by atoms with E-state index in [0.29, 0.717) is 16.3 Å². The third-order valence-corrected chi connectivity index (χ3v) is 2.99. The van der Waals surface area contributed by atoms with Gasteiger partial charge in [-0.3, -0.25) is 4.79 Å². The second kappa shape index (κ2) is 6.25. The molecule has 0 aliphatic heterocycles. The summed E-state index contributed by atoms with van der Waals surface area (Å²) in [5.41, 5.74) is 1.32. The summed E-state index contributed by atoms with van der Waals surface area (Å²) >= 11 is 6.03. The van der Waals surface area contributed by atoms with Crippen molar-refractivity contribution in [1.29, 1.82) is 0 Å². The van der Waals surface area contributed by atoms with E-state index in [2.05, 4.69) is 0 Å². The van der Waals surface area contributed by atoms with Crippen molar-refractivity contribution in [3.8, 4) is 11.5 Å². The molecule has 0 aliphatic rings. The number of carbonyl (C=O) groups is 1. The van der Waals surface area contributed by atoms with Crippen molar-refractivity contribution in [1.82, 2.24) is 0 Å². The van der Waals surface area contributed by atoms with E-state index < -0.39 is 0 Å². The zero-order valence-electron chi connectivity index (χ0n) is 10.4. The molecule has 3 nitrogen and oxygen atoms in total. The van der Waals surface area contributed by atoms with E-state index in [0.717, 1.165) is 17.6 Å². The van der Waals surface area contributed by atoms with Crippen LogP contribution in [0.1, 0.15) is 15.9 Å². The minimum atomic E-state index is 0.286. The van der Waals surface area contributed by atoms with Crippen LogP contribution in [-0.2, 0) is 6.61 Å². The number of carbonyl (C=O) groups excluding carboxylic acids is 1. The van der Waals surface area contributed by atoms with E-state index in [-0.39, 0.29) is 6.61 Å². The zero-order chi connectivity index (χ0) is 13.7. The second-order valence-corrected chi connectivity index (χ2v) is 4.28. The standard InChI is InChI=1S/C15H13ClO3/c1-18-14-8-3-2-5-12(14)10-19-15-11(9-17)6-4-7-13(15)16/h2-9H,10H2,1H3. The van der Waals surface area contributed by atoms with E-state index >= 15 is 0 Å². The quantitative estimate of drug-likeness (QED) is 0.781. The molecule has 2 aromatic rings. The third kappa shape index (κ3) is 3.06. The Morgan fingerprint density at radius 2 is 1.95 bits per heavy atom. The largest absolute Gasteiger partial charge is 0.496 e. The molecule has 0 atom stereocenters. The molecular formula is C15H13ClO3. The fourth-order valence-corrected chi connectivity index (χ4v) is 1.98. The first-order valence-corrected chi connectivity index (χ1v) is 6.12. The number of aldehydes is 1. The summed E-state index contributed by atoms with van der Waals surface area (Å²) in [7, 11) is 1.60. The van der Waals surface area contributed by atoms with Crippen LogP contribution in [0.3, 0.4) is 0 Å². The fourth-order valence-electron chi connectivity index (χ4n) is 1.74. The maximum Gasteiger partial charge on any atom is 0.153 e. The first-order chi connectivity index (χ1) is 9.26. The number of halogens is 1. The van der Waals surface area contributed by atoms with Crippen LogP contribution in [0.4, 0.5) is 0 Å². The number of methoxy groups -OCH3 is 1. The van der Waals surface area contributed by atoms with E-state index in [1.807, 2.05) is 24.3 Å². The summed E-state index contributed by atoms with van der Waals surface area (Å²) in [5, 5.41) is 0.416. The van der Waals surface area contributed by atoms with Gasteiger partial charge in [0.25, 0.3) is 0 Å². The highest BCUT2D eigenvalue weighted by Crippen LogP contribution is 2.29. The van der Waals surface area contributed by atoms with Gasteiger partial charge >= 0.3 is 0 Å². The summed E-state index contributed by atoms with van der Waals surface area (Å²) in [5.74, 6) is 1.13. The Bertz CT molecular complexity index is 581. The lowest BCUT2D eigenvalue weighted by atomic mass is 10.2. The summed E-state index contributed by atoms with van der Waals surface area (Å²) in [6, 6.07) is 12.6. The van der Waals surface area contributed by atoms with Crippen molar-refractivity contribution in [2.24, 2.45) is 0 Å². The van der Waals surface area contributed by atoms with Gasteiger partial charge in [0, 0.05) is 5.56 Å². The van der Waals surface area contributed by atoms with E-state index in [1.165, 1.54) is 0 Å². The Hall–Kier alpha value is -2.00. The Morgan fingerprint density at radius 1 is 1.16 bits per heavy atom. The van der Waals surface area contributed by atoms with Crippen LogP contribution in [0.15, 0.2) is 42.5 Å². The Kier molecular flexibility index (Phi) is 4.42. The van der Waals surface area contributed by atoms with Gasteiger partial charge in [-0.25, -0.2) is 0 Å². The molecule has 0 unspecified atom stereocenters. The van der Waals surface area contributed by atoms with Gasteiger partial charge in [-0.1, -0.05) is 35.9 Å². The predicted octanol–water partition coefficient (Wildman–Crippen LogP) is 3.74. The molecule has 0 saturated heterocycles. The van der Waals surface area contributed by atoms with Crippen LogP contribution in [0.25, 0.3) is 0 Å². The summed E-state index contributed by atoms with van der Waals surface area (Å²) in [6.45, 7) is 0.286. The lowest BCUT2D eigenvalue weighted by molar-refractivity contribution is 0.111. The first kappa shape index (κ1) is 13.4. The highest BCUT2D eigenvalue weighted by molar-refractivity contribution is 6.32. The summed E-state index contributed by atoms with van der Waals surface area (Å²) in [6.07, 6.45) is 0.726. The van der Waals surface area contributed by atoms with Crippen LogP contribution in [0.2, 0.25) is 5.02 Å².